The van der Waals surface area contributed by atoms with Gasteiger partial charge in [0.2, 0.25) is 5.91 Å². The highest BCUT2D eigenvalue weighted by molar-refractivity contribution is 5.81. The van der Waals surface area contributed by atoms with E-state index in [0.29, 0.717) is 6.61 Å². The lowest BCUT2D eigenvalue weighted by Gasteiger charge is -2.28. The minimum absolute atomic E-state index is 0.301. The van der Waals surface area contributed by atoms with Crippen molar-refractivity contribution in [2.24, 2.45) is 5.73 Å². The number of carbonyl (C=O) groups excluding carboxylic acids is 1. The Morgan fingerprint density at radius 2 is 2.29 bits per heavy atom. The molecule has 1 heterocycles. The SMILES string of the molecule is CCCOc1cccc(C(C(N)=O)N2CCCNCC2)c1. The fourth-order valence-electron chi connectivity index (χ4n) is 2.67. The molecule has 0 aromatic heterocycles. The van der Waals surface area contributed by atoms with Crippen molar-refractivity contribution >= 4 is 5.91 Å². The largest absolute Gasteiger partial charge is 0.494 e. The fraction of sp³-hybridized carbons (Fsp3) is 0.562. The van der Waals surface area contributed by atoms with Crippen LogP contribution < -0.4 is 15.8 Å². The van der Waals surface area contributed by atoms with Gasteiger partial charge in [-0.15, -0.1) is 0 Å². The predicted molar refractivity (Wildman–Crippen MR) is 83.2 cm³/mol. The lowest BCUT2D eigenvalue weighted by atomic mass is 10.0. The molecule has 5 heteroatoms. The molecule has 1 amide bonds. The molecule has 1 saturated heterocycles. The van der Waals surface area contributed by atoms with Gasteiger partial charge in [0.1, 0.15) is 11.8 Å². The Bertz CT molecular complexity index is 457. The number of benzene rings is 1. The first-order valence-electron chi connectivity index (χ1n) is 7.69. The summed E-state index contributed by atoms with van der Waals surface area (Å²) in [6.07, 6.45) is 1.98. The van der Waals surface area contributed by atoms with Crippen molar-refractivity contribution in [1.29, 1.82) is 0 Å². The summed E-state index contributed by atoms with van der Waals surface area (Å²) in [6.45, 7) is 6.32. The zero-order valence-corrected chi connectivity index (χ0v) is 12.7. The maximum atomic E-state index is 12.0. The molecule has 0 spiro atoms. The van der Waals surface area contributed by atoms with Gasteiger partial charge in [0.25, 0.3) is 0 Å². The van der Waals surface area contributed by atoms with Crippen molar-refractivity contribution in [3.63, 3.8) is 0 Å². The normalized spacial score (nSPS) is 18.0. The molecule has 5 nitrogen and oxygen atoms in total. The van der Waals surface area contributed by atoms with Gasteiger partial charge >= 0.3 is 0 Å². The monoisotopic (exact) mass is 291 g/mol. The van der Waals surface area contributed by atoms with Crippen LogP contribution in [0.15, 0.2) is 24.3 Å². The highest BCUT2D eigenvalue weighted by Crippen LogP contribution is 2.25. The summed E-state index contributed by atoms with van der Waals surface area (Å²) in [5, 5.41) is 3.34. The number of ether oxygens (including phenoxy) is 1. The highest BCUT2D eigenvalue weighted by Gasteiger charge is 2.26. The molecule has 0 aliphatic carbocycles. The molecule has 21 heavy (non-hydrogen) atoms. The van der Waals surface area contributed by atoms with Crippen molar-refractivity contribution in [2.75, 3.05) is 32.8 Å². The Kier molecular flexibility index (Phi) is 6.02. The van der Waals surface area contributed by atoms with Crippen LogP contribution in [-0.4, -0.2) is 43.6 Å². The molecular weight excluding hydrogens is 266 g/mol. The van der Waals surface area contributed by atoms with Gasteiger partial charge in [-0.3, -0.25) is 9.69 Å². The number of nitrogens with two attached hydrogens (primary N) is 1. The Hall–Kier alpha value is -1.59. The van der Waals surface area contributed by atoms with E-state index < -0.39 is 0 Å². The molecule has 1 aliphatic rings. The van der Waals surface area contributed by atoms with Crippen molar-refractivity contribution in [3.8, 4) is 5.75 Å². The summed E-state index contributed by atoms with van der Waals surface area (Å²) in [4.78, 5) is 14.1. The summed E-state index contributed by atoms with van der Waals surface area (Å²) in [6, 6.07) is 7.35. The maximum absolute atomic E-state index is 12.0. The summed E-state index contributed by atoms with van der Waals surface area (Å²) < 4.78 is 5.65. The van der Waals surface area contributed by atoms with Gasteiger partial charge in [-0.1, -0.05) is 19.1 Å². The van der Waals surface area contributed by atoms with Crippen LogP contribution in [-0.2, 0) is 4.79 Å². The van der Waals surface area contributed by atoms with Crippen LogP contribution in [0.25, 0.3) is 0 Å². The van der Waals surface area contributed by atoms with Gasteiger partial charge in [-0.25, -0.2) is 0 Å². The molecular formula is C16H25N3O2. The van der Waals surface area contributed by atoms with E-state index >= 15 is 0 Å². The molecule has 3 N–H and O–H groups in total. The molecule has 0 bridgehead atoms. The summed E-state index contributed by atoms with van der Waals surface area (Å²) in [5.74, 6) is 0.498. The Labute approximate surface area is 126 Å². The van der Waals surface area contributed by atoms with Crippen molar-refractivity contribution in [2.45, 2.75) is 25.8 Å². The lowest BCUT2D eigenvalue weighted by Crippen LogP contribution is -2.39. The van der Waals surface area contributed by atoms with Gasteiger partial charge in [-0.2, -0.15) is 0 Å². The van der Waals surface area contributed by atoms with Crippen LogP contribution in [0.5, 0.6) is 5.75 Å². The van der Waals surface area contributed by atoms with Crippen LogP contribution in [0.4, 0.5) is 0 Å². The molecule has 1 unspecified atom stereocenters. The van der Waals surface area contributed by atoms with E-state index in [4.69, 9.17) is 10.5 Å². The minimum Gasteiger partial charge on any atom is -0.494 e. The smallest absolute Gasteiger partial charge is 0.239 e. The van der Waals surface area contributed by atoms with Crippen molar-refractivity contribution in [1.82, 2.24) is 10.2 Å². The van der Waals surface area contributed by atoms with Crippen LogP contribution in [0.2, 0.25) is 0 Å². The third-order valence-corrected chi connectivity index (χ3v) is 3.66. The molecule has 0 saturated carbocycles. The zero-order valence-electron chi connectivity index (χ0n) is 12.7. The number of nitrogens with one attached hydrogen (secondary N) is 1. The Morgan fingerprint density at radius 3 is 3.05 bits per heavy atom. The highest BCUT2D eigenvalue weighted by atomic mass is 16.5. The standard InChI is InChI=1S/C16H25N3O2/c1-2-11-21-14-6-3-5-13(12-14)15(16(17)20)19-9-4-7-18-8-10-19/h3,5-6,12,15,18H,2,4,7-11H2,1H3,(H2,17,20). The number of amides is 1. The second-order valence-electron chi connectivity index (χ2n) is 5.37. The van der Waals surface area contributed by atoms with Crippen molar-refractivity contribution < 1.29 is 9.53 Å². The zero-order chi connectivity index (χ0) is 15.1. The minimum atomic E-state index is -0.380. The van der Waals surface area contributed by atoms with Crippen LogP contribution in [0.1, 0.15) is 31.4 Å². The van der Waals surface area contributed by atoms with Gasteiger partial charge < -0.3 is 15.8 Å². The number of primary amides is 1. The van der Waals surface area contributed by atoms with Crippen LogP contribution in [0.3, 0.4) is 0 Å². The molecule has 2 rings (SSSR count). The fourth-order valence-corrected chi connectivity index (χ4v) is 2.67. The lowest BCUT2D eigenvalue weighted by molar-refractivity contribution is -0.123. The summed E-state index contributed by atoms with van der Waals surface area (Å²) in [5.41, 5.74) is 6.57. The average Bonchev–Trinajstić information content (AvgIpc) is 2.74. The Balaban J connectivity index is 2.18. The third-order valence-electron chi connectivity index (χ3n) is 3.66. The number of hydrogen-bond acceptors (Lipinski definition) is 4. The molecule has 0 radical (unpaired) electrons. The molecule has 1 aromatic carbocycles. The molecule has 116 valence electrons. The van der Waals surface area contributed by atoms with Crippen LogP contribution in [0, 0.1) is 0 Å². The first kappa shape index (κ1) is 15.8. The predicted octanol–water partition coefficient (Wildman–Crippen LogP) is 1.30. The summed E-state index contributed by atoms with van der Waals surface area (Å²) in [7, 11) is 0. The number of carbonyl (C=O) groups is 1. The van der Waals surface area contributed by atoms with E-state index in [1.807, 2.05) is 24.3 Å². The number of nitrogens with zero attached hydrogens (tertiary/aromatic N) is 1. The van der Waals surface area contributed by atoms with E-state index in [1.165, 1.54) is 0 Å². The van der Waals surface area contributed by atoms with Crippen molar-refractivity contribution in [3.05, 3.63) is 29.8 Å². The van der Waals surface area contributed by atoms with E-state index in [1.54, 1.807) is 0 Å². The first-order chi connectivity index (χ1) is 10.2. The second-order valence-corrected chi connectivity index (χ2v) is 5.37. The quantitative estimate of drug-likeness (QED) is 0.829. The van der Waals surface area contributed by atoms with Gasteiger partial charge in [0.05, 0.1) is 6.61 Å². The average molecular weight is 291 g/mol. The van der Waals surface area contributed by atoms with Gasteiger partial charge in [0, 0.05) is 19.6 Å². The molecule has 1 aromatic rings. The van der Waals surface area contributed by atoms with E-state index in [-0.39, 0.29) is 11.9 Å². The van der Waals surface area contributed by atoms with Gasteiger partial charge in [0.15, 0.2) is 0 Å². The first-order valence-corrected chi connectivity index (χ1v) is 7.69. The second kappa shape index (κ2) is 8.00. The Morgan fingerprint density at radius 1 is 1.43 bits per heavy atom. The number of rotatable bonds is 6. The third kappa shape index (κ3) is 4.44. The van der Waals surface area contributed by atoms with E-state index in [2.05, 4.69) is 17.1 Å². The van der Waals surface area contributed by atoms with Crippen LogP contribution >= 0.6 is 0 Å². The maximum Gasteiger partial charge on any atom is 0.239 e. The van der Waals surface area contributed by atoms with E-state index in [0.717, 1.165) is 50.3 Å². The molecule has 1 fully saturated rings. The number of hydrogen-bond donors (Lipinski definition) is 2. The molecule has 1 aliphatic heterocycles. The summed E-state index contributed by atoms with van der Waals surface area (Å²) >= 11 is 0. The topological polar surface area (TPSA) is 67.6 Å². The molecule has 1 atom stereocenters. The van der Waals surface area contributed by atoms with E-state index in [9.17, 15) is 4.79 Å². The van der Waals surface area contributed by atoms with Gasteiger partial charge in [-0.05, 0) is 37.1 Å².